The predicted molar refractivity (Wildman–Crippen MR) is 107 cm³/mol. The van der Waals surface area contributed by atoms with Gasteiger partial charge in [-0.3, -0.25) is 9.78 Å². The molecule has 1 atom stereocenters. The first kappa shape index (κ1) is 18.9. The first-order chi connectivity index (χ1) is 14.3. The number of carbonyl (C=O) groups excluding carboxylic acids is 1. The van der Waals surface area contributed by atoms with Crippen molar-refractivity contribution in [2.45, 2.75) is 6.10 Å². The lowest BCUT2D eigenvalue weighted by Crippen LogP contribution is -2.39. The second-order valence-electron chi connectivity index (χ2n) is 6.45. The van der Waals surface area contributed by atoms with Crippen molar-refractivity contribution in [1.82, 2.24) is 20.1 Å². The highest BCUT2D eigenvalue weighted by atomic mass is 16.6. The van der Waals surface area contributed by atoms with Crippen LogP contribution < -0.4 is 5.32 Å². The summed E-state index contributed by atoms with van der Waals surface area (Å²) in [6.45, 7) is 2.03. The van der Waals surface area contributed by atoms with Gasteiger partial charge in [0.25, 0.3) is 5.91 Å². The number of nitrogens with one attached hydrogen (secondary N) is 1. The molecule has 1 aliphatic heterocycles. The van der Waals surface area contributed by atoms with Crippen molar-refractivity contribution in [3.8, 4) is 17.5 Å². The van der Waals surface area contributed by atoms with Crippen LogP contribution in [0.1, 0.15) is 21.5 Å². The fraction of sp³-hybridized carbons (Fsp3) is 0.227. The van der Waals surface area contributed by atoms with E-state index in [2.05, 4.69) is 27.2 Å². The maximum atomic E-state index is 12.6. The van der Waals surface area contributed by atoms with Crippen LogP contribution in [0, 0.1) is 11.8 Å². The van der Waals surface area contributed by atoms with Gasteiger partial charge >= 0.3 is 0 Å². The summed E-state index contributed by atoms with van der Waals surface area (Å²) in [4.78, 5) is 16.7. The van der Waals surface area contributed by atoms with Crippen LogP contribution >= 0.6 is 0 Å². The van der Waals surface area contributed by atoms with Crippen LogP contribution in [-0.2, 0) is 9.47 Å². The minimum absolute atomic E-state index is 0.124. The fourth-order valence-corrected chi connectivity index (χ4v) is 2.93. The molecule has 0 spiro atoms. The van der Waals surface area contributed by atoms with E-state index in [0.717, 1.165) is 11.3 Å². The number of nitrogens with zero attached hydrogens (tertiary/aromatic N) is 3. The van der Waals surface area contributed by atoms with E-state index in [9.17, 15) is 4.79 Å². The van der Waals surface area contributed by atoms with Crippen LogP contribution in [0.3, 0.4) is 0 Å². The molecule has 1 saturated heterocycles. The Kier molecular flexibility index (Phi) is 5.95. The zero-order valence-corrected chi connectivity index (χ0v) is 15.7. The highest BCUT2D eigenvalue weighted by molar-refractivity contribution is 5.95. The summed E-state index contributed by atoms with van der Waals surface area (Å²) in [7, 11) is 0. The van der Waals surface area contributed by atoms with Gasteiger partial charge in [-0.25, -0.2) is 4.68 Å². The van der Waals surface area contributed by atoms with E-state index in [1.54, 1.807) is 35.4 Å². The summed E-state index contributed by atoms with van der Waals surface area (Å²) in [5, 5.41) is 7.18. The predicted octanol–water partition coefficient (Wildman–Crippen LogP) is 1.81. The minimum Gasteiger partial charge on any atom is -0.376 e. The zero-order valence-electron chi connectivity index (χ0n) is 15.7. The number of aromatic nitrogens is 3. The minimum atomic E-state index is -0.185. The van der Waals surface area contributed by atoms with Gasteiger partial charge in [-0.2, -0.15) is 5.10 Å². The number of hydrogen-bond acceptors (Lipinski definition) is 5. The van der Waals surface area contributed by atoms with E-state index >= 15 is 0 Å². The third-order valence-corrected chi connectivity index (χ3v) is 4.39. The van der Waals surface area contributed by atoms with Crippen molar-refractivity contribution < 1.29 is 14.3 Å². The summed E-state index contributed by atoms with van der Waals surface area (Å²) >= 11 is 0. The lowest BCUT2D eigenvalue weighted by atomic mass is 10.1. The molecule has 7 heteroatoms. The van der Waals surface area contributed by atoms with Crippen molar-refractivity contribution in [2.75, 3.05) is 26.4 Å². The van der Waals surface area contributed by atoms with Crippen LogP contribution in [0.25, 0.3) is 5.69 Å². The number of carbonyl (C=O) groups is 1. The first-order valence-electron chi connectivity index (χ1n) is 9.33. The number of amides is 1. The Morgan fingerprint density at radius 3 is 2.93 bits per heavy atom. The number of pyridine rings is 1. The maximum Gasteiger partial charge on any atom is 0.251 e. The van der Waals surface area contributed by atoms with Gasteiger partial charge in [-0.1, -0.05) is 11.8 Å². The molecule has 3 aromatic rings. The zero-order chi connectivity index (χ0) is 19.9. The second kappa shape index (κ2) is 9.15. The molecule has 7 nitrogen and oxygen atoms in total. The van der Waals surface area contributed by atoms with Gasteiger partial charge in [-0.05, 0) is 36.4 Å². The molecule has 1 aromatic carbocycles. The summed E-state index contributed by atoms with van der Waals surface area (Å²) in [5.74, 6) is 6.05. The molecule has 1 aliphatic rings. The second-order valence-corrected chi connectivity index (χ2v) is 6.45. The molecule has 3 heterocycles. The van der Waals surface area contributed by atoms with Gasteiger partial charge in [0, 0.05) is 42.5 Å². The summed E-state index contributed by atoms with van der Waals surface area (Å²) < 4.78 is 12.6. The molecule has 0 aliphatic carbocycles. The first-order valence-corrected chi connectivity index (χ1v) is 9.33. The topological polar surface area (TPSA) is 78.3 Å². The number of rotatable bonds is 4. The quantitative estimate of drug-likeness (QED) is 0.690. The smallest absolute Gasteiger partial charge is 0.251 e. The van der Waals surface area contributed by atoms with Crippen molar-refractivity contribution in [3.63, 3.8) is 0 Å². The standard InChI is InChI=1S/C22H20N4O3/c27-22(24-15-20-16-28-11-12-29-20)19-6-7-21(26-10-2-9-25-26)18(13-19)5-4-17-3-1-8-23-14-17/h1-3,6-10,13-14,20H,11-12,15-16H2,(H,24,27)/t20-/m0/s1. The molecular formula is C22H20N4O3. The Morgan fingerprint density at radius 1 is 1.21 bits per heavy atom. The Morgan fingerprint density at radius 2 is 2.17 bits per heavy atom. The Balaban J connectivity index is 1.57. The average Bonchev–Trinajstić information content (AvgIpc) is 3.32. The molecule has 1 fully saturated rings. The highest BCUT2D eigenvalue weighted by Gasteiger charge is 2.16. The maximum absolute atomic E-state index is 12.6. The van der Waals surface area contributed by atoms with Crippen molar-refractivity contribution in [1.29, 1.82) is 0 Å². The largest absolute Gasteiger partial charge is 0.376 e. The average molecular weight is 388 g/mol. The van der Waals surface area contributed by atoms with E-state index in [1.807, 2.05) is 30.5 Å². The van der Waals surface area contributed by atoms with Gasteiger partial charge in [-0.15, -0.1) is 0 Å². The molecule has 2 aromatic heterocycles. The molecule has 1 N–H and O–H groups in total. The Labute approximate surface area is 168 Å². The number of hydrogen-bond donors (Lipinski definition) is 1. The molecule has 0 radical (unpaired) electrons. The third kappa shape index (κ3) is 4.88. The molecule has 146 valence electrons. The van der Waals surface area contributed by atoms with Gasteiger partial charge < -0.3 is 14.8 Å². The monoisotopic (exact) mass is 388 g/mol. The molecule has 29 heavy (non-hydrogen) atoms. The van der Waals surface area contributed by atoms with Crippen molar-refractivity contribution >= 4 is 5.91 Å². The van der Waals surface area contributed by atoms with Crippen LogP contribution in [0.5, 0.6) is 0 Å². The summed E-state index contributed by atoms with van der Waals surface area (Å²) in [6.07, 6.45) is 6.81. The van der Waals surface area contributed by atoms with E-state index in [-0.39, 0.29) is 12.0 Å². The van der Waals surface area contributed by atoms with E-state index in [0.29, 0.717) is 37.5 Å². The number of benzene rings is 1. The van der Waals surface area contributed by atoms with Crippen LogP contribution in [0.15, 0.2) is 61.2 Å². The molecule has 0 saturated carbocycles. The normalized spacial score (nSPS) is 15.9. The van der Waals surface area contributed by atoms with E-state index in [4.69, 9.17) is 9.47 Å². The lowest BCUT2D eigenvalue weighted by Gasteiger charge is -2.23. The highest BCUT2D eigenvalue weighted by Crippen LogP contribution is 2.16. The van der Waals surface area contributed by atoms with E-state index < -0.39 is 0 Å². The summed E-state index contributed by atoms with van der Waals surface area (Å²) in [6, 6.07) is 10.9. The van der Waals surface area contributed by atoms with Crippen LogP contribution in [0.2, 0.25) is 0 Å². The lowest BCUT2D eigenvalue weighted by molar-refractivity contribution is -0.0855. The van der Waals surface area contributed by atoms with Gasteiger partial charge in [0.2, 0.25) is 0 Å². The number of ether oxygens (including phenoxy) is 2. The Bertz CT molecular complexity index is 1020. The summed E-state index contributed by atoms with van der Waals surface area (Å²) in [5.41, 5.74) is 2.81. The fourth-order valence-electron chi connectivity index (χ4n) is 2.93. The molecule has 4 rings (SSSR count). The Hall–Kier alpha value is -3.47. The van der Waals surface area contributed by atoms with Crippen molar-refractivity contribution in [3.05, 3.63) is 77.9 Å². The van der Waals surface area contributed by atoms with Crippen LogP contribution in [0.4, 0.5) is 0 Å². The van der Waals surface area contributed by atoms with E-state index in [1.165, 1.54) is 0 Å². The third-order valence-electron chi connectivity index (χ3n) is 4.39. The van der Waals surface area contributed by atoms with Gasteiger partial charge in [0.1, 0.15) is 0 Å². The molecule has 0 unspecified atom stereocenters. The van der Waals surface area contributed by atoms with Gasteiger partial charge in [0.15, 0.2) is 0 Å². The molecular weight excluding hydrogens is 368 g/mol. The SMILES string of the molecule is O=C(NC[C@H]1COCCO1)c1ccc(-n2cccn2)c(C#Cc2cccnc2)c1. The van der Waals surface area contributed by atoms with Gasteiger partial charge in [0.05, 0.1) is 37.2 Å². The van der Waals surface area contributed by atoms with Crippen LogP contribution in [-0.4, -0.2) is 53.1 Å². The molecule has 1 amide bonds. The molecule has 0 bridgehead atoms. The van der Waals surface area contributed by atoms with Crippen molar-refractivity contribution in [2.24, 2.45) is 0 Å².